The molecule has 3 rings (SSSR count). The molecule has 0 atom stereocenters. The van der Waals surface area contributed by atoms with Gasteiger partial charge in [-0.05, 0) is 52.3 Å². The lowest BCUT2D eigenvalue weighted by atomic mass is 10.2. The number of alkyl halides is 3. The molecule has 5 nitrogen and oxygen atoms in total. The lowest BCUT2D eigenvalue weighted by Crippen LogP contribution is -2.56. The fourth-order valence-corrected chi connectivity index (χ4v) is 4.10. The molecule has 0 unspecified atom stereocenters. The van der Waals surface area contributed by atoms with Gasteiger partial charge in [0.15, 0.2) is 0 Å². The average Bonchev–Trinajstić information content (AvgIpc) is 2.51. The molecule has 0 radical (unpaired) electrons. The molecule has 25 heavy (non-hydrogen) atoms. The van der Waals surface area contributed by atoms with E-state index in [1.54, 1.807) is 18.3 Å². The van der Waals surface area contributed by atoms with Gasteiger partial charge in [-0.15, -0.1) is 0 Å². The van der Waals surface area contributed by atoms with E-state index < -0.39 is 21.8 Å². The smallest absolute Gasteiger partial charge is 0.416 e. The molecule has 134 valence electrons. The topological polar surface area (TPSA) is 59.5 Å². The van der Waals surface area contributed by atoms with Gasteiger partial charge in [0, 0.05) is 6.20 Å². The quantitative estimate of drug-likeness (QED) is 0.737. The van der Waals surface area contributed by atoms with E-state index >= 15 is 0 Å². The fourth-order valence-electron chi connectivity index (χ4n) is 2.25. The zero-order valence-electron chi connectivity index (χ0n) is 12.6. The molecule has 0 aliphatic carbocycles. The van der Waals surface area contributed by atoms with Crippen LogP contribution < -0.4 is 4.74 Å². The Morgan fingerprint density at radius 1 is 1.16 bits per heavy atom. The van der Waals surface area contributed by atoms with Gasteiger partial charge < -0.3 is 4.74 Å². The van der Waals surface area contributed by atoms with Crippen LogP contribution in [0.2, 0.25) is 0 Å². The molecular formula is C15H12BrF3N2O3S. The van der Waals surface area contributed by atoms with Crippen LogP contribution in [0.1, 0.15) is 5.56 Å². The molecule has 1 aliphatic heterocycles. The van der Waals surface area contributed by atoms with Crippen molar-refractivity contribution in [2.24, 2.45) is 0 Å². The van der Waals surface area contributed by atoms with Crippen molar-refractivity contribution in [1.82, 2.24) is 9.29 Å². The van der Waals surface area contributed by atoms with Gasteiger partial charge in [0.05, 0.1) is 28.0 Å². The Kier molecular flexibility index (Phi) is 4.78. The monoisotopic (exact) mass is 436 g/mol. The first-order valence-corrected chi connectivity index (χ1v) is 9.36. The lowest BCUT2D eigenvalue weighted by Gasteiger charge is -2.37. The maximum Gasteiger partial charge on any atom is 0.416 e. The first-order valence-electron chi connectivity index (χ1n) is 7.12. The average molecular weight is 437 g/mol. The summed E-state index contributed by atoms with van der Waals surface area (Å²) in [5, 5.41) is 0. The standard InChI is InChI=1S/C15H12BrF3N2O3S/c16-13-2-1-7-20-14(13)24-11-8-21(9-11)25(22,23)12-5-3-10(4-6-12)15(17,18)19/h1-7,11H,8-9H2. The number of halogens is 4. The SMILES string of the molecule is O=S(=O)(c1ccc(C(F)(F)F)cc1)N1CC(Oc2ncccc2Br)C1. The van der Waals surface area contributed by atoms with Crippen LogP contribution in [-0.4, -0.2) is 36.9 Å². The molecule has 1 aromatic heterocycles. The van der Waals surface area contributed by atoms with E-state index in [2.05, 4.69) is 20.9 Å². The first kappa shape index (κ1) is 18.2. The van der Waals surface area contributed by atoms with Crippen molar-refractivity contribution in [3.8, 4) is 5.88 Å². The molecular weight excluding hydrogens is 425 g/mol. The highest BCUT2D eigenvalue weighted by Crippen LogP contribution is 2.31. The van der Waals surface area contributed by atoms with Gasteiger partial charge >= 0.3 is 6.18 Å². The van der Waals surface area contributed by atoms with E-state index in [0.717, 1.165) is 28.6 Å². The zero-order valence-corrected chi connectivity index (χ0v) is 15.0. The first-order chi connectivity index (χ1) is 11.7. The number of ether oxygens (including phenoxy) is 1. The van der Waals surface area contributed by atoms with Crippen LogP contribution in [0.4, 0.5) is 13.2 Å². The van der Waals surface area contributed by atoms with Crippen molar-refractivity contribution >= 4 is 26.0 Å². The Morgan fingerprint density at radius 2 is 1.80 bits per heavy atom. The summed E-state index contributed by atoms with van der Waals surface area (Å²) in [6, 6.07) is 6.90. The molecule has 1 saturated heterocycles. The summed E-state index contributed by atoms with van der Waals surface area (Å²) in [6.07, 6.45) is -3.32. The molecule has 10 heteroatoms. The van der Waals surface area contributed by atoms with Crippen molar-refractivity contribution in [1.29, 1.82) is 0 Å². The molecule has 0 bridgehead atoms. The molecule has 2 heterocycles. The van der Waals surface area contributed by atoms with Gasteiger partial charge in [0.2, 0.25) is 15.9 Å². The van der Waals surface area contributed by atoms with E-state index in [1.165, 1.54) is 0 Å². The van der Waals surface area contributed by atoms with E-state index in [1.807, 2.05) is 0 Å². The van der Waals surface area contributed by atoms with Crippen LogP contribution in [0.3, 0.4) is 0 Å². The summed E-state index contributed by atoms with van der Waals surface area (Å²) in [5.41, 5.74) is -0.892. The third-order valence-corrected chi connectivity index (χ3v) is 6.09. The van der Waals surface area contributed by atoms with Crippen molar-refractivity contribution < 1.29 is 26.3 Å². The fraction of sp³-hybridized carbons (Fsp3) is 0.267. The molecule has 1 aromatic carbocycles. The normalized spacial score (nSPS) is 16.5. The minimum Gasteiger partial charge on any atom is -0.471 e. The Morgan fingerprint density at radius 3 is 2.36 bits per heavy atom. The van der Waals surface area contributed by atoms with Crippen LogP contribution >= 0.6 is 15.9 Å². The van der Waals surface area contributed by atoms with Gasteiger partial charge in [0.25, 0.3) is 0 Å². The van der Waals surface area contributed by atoms with Crippen molar-refractivity contribution in [3.63, 3.8) is 0 Å². The Labute approximate surface area is 150 Å². The highest BCUT2D eigenvalue weighted by molar-refractivity contribution is 9.10. The van der Waals surface area contributed by atoms with Crippen molar-refractivity contribution in [2.75, 3.05) is 13.1 Å². The van der Waals surface area contributed by atoms with Gasteiger partial charge in [-0.25, -0.2) is 13.4 Å². The number of aromatic nitrogens is 1. The highest BCUT2D eigenvalue weighted by atomic mass is 79.9. The molecule has 1 aliphatic rings. The minimum absolute atomic E-state index is 0.104. The van der Waals surface area contributed by atoms with Crippen LogP contribution in [0.25, 0.3) is 0 Å². The van der Waals surface area contributed by atoms with Gasteiger partial charge in [-0.3, -0.25) is 0 Å². The van der Waals surface area contributed by atoms with Crippen LogP contribution in [-0.2, 0) is 16.2 Å². The molecule has 0 N–H and O–H groups in total. The highest BCUT2D eigenvalue weighted by Gasteiger charge is 2.39. The third kappa shape index (κ3) is 3.80. The van der Waals surface area contributed by atoms with E-state index in [4.69, 9.17) is 4.74 Å². The number of rotatable bonds is 4. The second-order valence-corrected chi connectivity index (χ2v) is 8.17. The van der Waals surface area contributed by atoms with E-state index in [0.29, 0.717) is 10.4 Å². The predicted octanol–water partition coefficient (Wildman–Crippen LogP) is 3.31. The Balaban J connectivity index is 1.66. The Bertz CT molecular complexity index is 866. The Hall–Kier alpha value is -1.65. The summed E-state index contributed by atoms with van der Waals surface area (Å²) in [4.78, 5) is 3.85. The summed E-state index contributed by atoms with van der Waals surface area (Å²) >= 11 is 3.28. The summed E-state index contributed by atoms with van der Waals surface area (Å²) in [6.45, 7) is 0.207. The maximum absolute atomic E-state index is 12.6. The van der Waals surface area contributed by atoms with E-state index in [-0.39, 0.29) is 24.1 Å². The molecule has 1 fully saturated rings. The number of hydrogen-bond donors (Lipinski definition) is 0. The van der Waals surface area contributed by atoms with Gasteiger partial charge in [-0.2, -0.15) is 17.5 Å². The summed E-state index contributed by atoms with van der Waals surface area (Å²) in [5.74, 6) is 0.360. The molecule has 2 aromatic rings. The maximum atomic E-state index is 12.6. The minimum atomic E-state index is -4.51. The lowest BCUT2D eigenvalue weighted by molar-refractivity contribution is -0.137. The van der Waals surface area contributed by atoms with Crippen LogP contribution in [0.15, 0.2) is 52.0 Å². The molecule has 0 amide bonds. The zero-order chi connectivity index (χ0) is 18.2. The molecule has 0 saturated carbocycles. The third-order valence-electron chi connectivity index (χ3n) is 3.64. The number of nitrogens with zero attached hydrogens (tertiary/aromatic N) is 2. The van der Waals surface area contributed by atoms with Crippen molar-refractivity contribution in [3.05, 3.63) is 52.6 Å². The number of sulfonamides is 1. The number of pyridine rings is 1. The van der Waals surface area contributed by atoms with Gasteiger partial charge in [-0.1, -0.05) is 0 Å². The number of hydrogen-bond acceptors (Lipinski definition) is 4. The second-order valence-electron chi connectivity index (χ2n) is 5.37. The van der Waals surface area contributed by atoms with E-state index in [9.17, 15) is 21.6 Å². The largest absolute Gasteiger partial charge is 0.471 e. The molecule has 0 spiro atoms. The number of benzene rings is 1. The van der Waals surface area contributed by atoms with Gasteiger partial charge in [0.1, 0.15) is 6.10 Å². The summed E-state index contributed by atoms with van der Waals surface area (Å²) < 4.78 is 69.9. The van der Waals surface area contributed by atoms with Crippen molar-refractivity contribution in [2.45, 2.75) is 17.2 Å². The second kappa shape index (κ2) is 6.58. The van der Waals surface area contributed by atoms with Crippen LogP contribution in [0.5, 0.6) is 5.88 Å². The van der Waals surface area contributed by atoms with Crippen LogP contribution in [0, 0.1) is 0 Å². The predicted molar refractivity (Wildman–Crippen MR) is 86.6 cm³/mol. The summed E-state index contributed by atoms with van der Waals surface area (Å²) in [7, 11) is -3.85.